The molecule has 0 aliphatic carbocycles. The molecular formula is C28H34N4O3. The van der Waals surface area contributed by atoms with Gasteiger partial charge in [-0.3, -0.25) is 24.3 Å². The second-order valence-corrected chi connectivity index (χ2v) is 10.6. The highest BCUT2D eigenvalue weighted by Gasteiger charge is 2.55. The first-order valence-corrected chi connectivity index (χ1v) is 12.7. The van der Waals surface area contributed by atoms with E-state index in [0.29, 0.717) is 0 Å². The first kappa shape index (κ1) is 23.7. The molecule has 0 saturated carbocycles. The number of likely N-dealkylation sites (tertiary alicyclic amines) is 3. The highest BCUT2D eigenvalue weighted by molar-refractivity contribution is 6.10. The normalized spacial score (nSPS) is 26.9. The lowest BCUT2D eigenvalue weighted by molar-refractivity contribution is -0.143. The minimum absolute atomic E-state index is 0.0213. The highest BCUT2D eigenvalue weighted by Crippen LogP contribution is 2.44. The van der Waals surface area contributed by atoms with Crippen LogP contribution in [0.3, 0.4) is 0 Å². The van der Waals surface area contributed by atoms with Crippen molar-refractivity contribution in [1.29, 1.82) is 0 Å². The van der Waals surface area contributed by atoms with Crippen molar-refractivity contribution in [3.63, 3.8) is 0 Å². The van der Waals surface area contributed by atoms with Gasteiger partial charge in [-0.25, -0.2) is 0 Å². The smallest absolute Gasteiger partial charge is 0.241 e. The molecule has 3 fully saturated rings. The van der Waals surface area contributed by atoms with Crippen LogP contribution in [-0.2, 0) is 26.3 Å². The molecule has 0 bridgehead atoms. The van der Waals surface area contributed by atoms with Crippen molar-refractivity contribution in [2.75, 3.05) is 32.7 Å². The summed E-state index contributed by atoms with van der Waals surface area (Å²) < 4.78 is 0. The second-order valence-electron chi connectivity index (χ2n) is 10.6. The summed E-state index contributed by atoms with van der Waals surface area (Å²) in [6, 6.07) is 11.3. The SMILES string of the molecule is CCN1CC[C@]2(CCN(C(=O)C[C@@]3(c4ccccc4C)CC(=O)N(Cc4ccncc4)C3=O)C2)C1. The van der Waals surface area contributed by atoms with Crippen LogP contribution in [0.4, 0.5) is 0 Å². The van der Waals surface area contributed by atoms with Crippen molar-refractivity contribution >= 4 is 17.7 Å². The van der Waals surface area contributed by atoms with Gasteiger partial charge in [0.2, 0.25) is 17.7 Å². The zero-order valence-electron chi connectivity index (χ0n) is 20.7. The number of benzene rings is 1. The Balaban J connectivity index is 1.42. The van der Waals surface area contributed by atoms with Gasteiger partial charge >= 0.3 is 0 Å². The van der Waals surface area contributed by atoms with E-state index in [1.54, 1.807) is 12.4 Å². The summed E-state index contributed by atoms with van der Waals surface area (Å²) in [5.41, 5.74) is 1.57. The summed E-state index contributed by atoms with van der Waals surface area (Å²) in [7, 11) is 0. The van der Waals surface area contributed by atoms with Crippen LogP contribution in [0.25, 0.3) is 0 Å². The first-order valence-electron chi connectivity index (χ1n) is 12.7. The maximum absolute atomic E-state index is 14.0. The number of amides is 3. The topological polar surface area (TPSA) is 73.8 Å². The number of imide groups is 1. The van der Waals surface area contributed by atoms with Gasteiger partial charge in [0.25, 0.3) is 0 Å². The minimum Gasteiger partial charge on any atom is -0.342 e. The highest BCUT2D eigenvalue weighted by atomic mass is 16.2. The predicted octanol–water partition coefficient (Wildman–Crippen LogP) is 2.92. The van der Waals surface area contributed by atoms with Gasteiger partial charge in [-0.2, -0.15) is 0 Å². The molecule has 3 aliphatic heterocycles. The zero-order chi connectivity index (χ0) is 24.6. The number of carbonyl (C=O) groups is 3. The molecule has 184 valence electrons. The van der Waals surface area contributed by atoms with Gasteiger partial charge in [-0.05, 0) is 61.7 Å². The fourth-order valence-electron chi connectivity index (χ4n) is 6.33. The molecule has 1 aromatic heterocycles. The van der Waals surface area contributed by atoms with Crippen LogP contribution in [0, 0.1) is 12.3 Å². The molecule has 2 aromatic rings. The maximum Gasteiger partial charge on any atom is 0.241 e. The summed E-state index contributed by atoms with van der Waals surface area (Å²) in [6.45, 7) is 8.96. The lowest BCUT2D eigenvalue weighted by atomic mass is 9.74. The van der Waals surface area contributed by atoms with Gasteiger partial charge in [0, 0.05) is 50.3 Å². The van der Waals surface area contributed by atoms with E-state index in [-0.39, 0.29) is 42.5 Å². The number of aryl methyl sites for hydroxylation is 1. The molecule has 0 N–H and O–H groups in total. The van der Waals surface area contributed by atoms with E-state index in [1.807, 2.05) is 48.2 Å². The lowest BCUT2D eigenvalue weighted by Gasteiger charge is -2.31. The molecule has 0 radical (unpaired) electrons. The maximum atomic E-state index is 14.0. The Morgan fingerprint density at radius 2 is 1.77 bits per heavy atom. The van der Waals surface area contributed by atoms with Crippen molar-refractivity contribution in [1.82, 2.24) is 19.7 Å². The van der Waals surface area contributed by atoms with Crippen LogP contribution in [0.2, 0.25) is 0 Å². The van der Waals surface area contributed by atoms with Gasteiger partial charge in [-0.1, -0.05) is 31.2 Å². The van der Waals surface area contributed by atoms with Crippen LogP contribution in [0.15, 0.2) is 48.8 Å². The molecule has 5 rings (SSSR count). The molecule has 1 aromatic carbocycles. The van der Waals surface area contributed by atoms with E-state index in [2.05, 4.69) is 16.8 Å². The van der Waals surface area contributed by atoms with Crippen molar-refractivity contribution in [2.45, 2.75) is 51.5 Å². The zero-order valence-corrected chi connectivity index (χ0v) is 20.7. The number of hydrogen-bond donors (Lipinski definition) is 0. The van der Waals surface area contributed by atoms with Crippen molar-refractivity contribution < 1.29 is 14.4 Å². The molecule has 4 heterocycles. The summed E-state index contributed by atoms with van der Waals surface area (Å²) in [6.07, 6.45) is 5.49. The lowest BCUT2D eigenvalue weighted by Crippen LogP contribution is -2.43. The van der Waals surface area contributed by atoms with Gasteiger partial charge in [0.1, 0.15) is 0 Å². The Bertz CT molecular complexity index is 1140. The standard InChI is InChI=1S/C28H34N4O3/c1-3-30-14-10-27(19-30)11-15-31(20-27)24(33)16-28(23-7-5-4-6-21(23)2)17-25(34)32(26(28)35)18-22-8-12-29-13-9-22/h4-9,12-13H,3,10-11,14-20H2,1-2H3/t27-,28-/m0/s1. The van der Waals surface area contributed by atoms with Gasteiger partial charge in [0.15, 0.2) is 0 Å². The molecule has 3 amide bonds. The van der Waals surface area contributed by atoms with Crippen LogP contribution < -0.4 is 0 Å². The van der Waals surface area contributed by atoms with E-state index in [9.17, 15) is 14.4 Å². The third kappa shape index (κ3) is 4.27. The van der Waals surface area contributed by atoms with E-state index < -0.39 is 5.41 Å². The van der Waals surface area contributed by atoms with Gasteiger partial charge in [0.05, 0.1) is 12.0 Å². The average molecular weight is 475 g/mol. The van der Waals surface area contributed by atoms with Crippen LogP contribution in [0.1, 0.15) is 49.3 Å². The molecule has 0 unspecified atom stereocenters. The quantitative estimate of drug-likeness (QED) is 0.602. The Morgan fingerprint density at radius 3 is 2.49 bits per heavy atom. The van der Waals surface area contributed by atoms with E-state index in [4.69, 9.17) is 0 Å². The van der Waals surface area contributed by atoms with E-state index in [0.717, 1.165) is 62.3 Å². The fourth-order valence-corrected chi connectivity index (χ4v) is 6.33. The minimum atomic E-state index is -1.16. The van der Waals surface area contributed by atoms with Crippen LogP contribution >= 0.6 is 0 Å². The molecule has 3 saturated heterocycles. The molecule has 35 heavy (non-hydrogen) atoms. The number of aromatic nitrogens is 1. The fraction of sp³-hybridized carbons (Fsp3) is 0.500. The number of nitrogens with zero attached hydrogens (tertiary/aromatic N) is 4. The molecule has 2 atom stereocenters. The average Bonchev–Trinajstić information content (AvgIpc) is 3.54. The summed E-state index contributed by atoms with van der Waals surface area (Å²) >= 11 is 0. The third-order valence-corrected chi connectivity index (χ3v) is 8.37. The van der Waals surface area contributed by atoms with E-state index in [1.165, 1.54) is 4.90 Å². The van der Waals surface area contributed by atoms with Gasteiger partial charge < -0.3 is 9.80 Å². The Kier molecular flexibility index (Phi) is 6.21. The number of pyridine rings is 1. The number of hydrogen-bond acceptors (Lipinski definition) is 5. The monoisotopic (exact) mass is 474 g/mol. The van der Waals surface area contributed by atoms with Crippen LogP contribution in [-0.4, -0.2) is 70.1 Å². The van der Waals surface area contributed by atoms with Crippen molar-refractivity contribution in [3.8, 4) is 0 Å². The molecule has 1 spiro atoms. The molecular weight excluding hydrogens is 440 g/mol. The van der Waals surface area contributed by atoms with Gasteiger partial charge in [-0.15, -0.1) is 0 Å². The van der Waals surface area contributed by atoms with Crippen molar-refractivity contribution in [2.24, 2.45) is 5.41 Å². The Hall–Kier alpha value is -3.06. The molecule has 7 heteroatoms. The Labute approximate surface area is 207 Å². The number of rotatable bonds is 6. The second kappa shape index (κ2) is 9.19. The summed E-state index contributed by atoms with van der Waals surface area (Å²) in [5.74, 6) is -0.518. The Morgan fingerprint density at radius 1 is 1.03 bits per heavy atom. The summed E-state index contributed by atoms with van der Waals surface area (Å²) in [4.78, 5) is 50.7. The third-order valence-electron chi connectivity index (χ3n) is 8.37. The van der Waals surface area contributed by atoms with E-state index >= 15 is 0 Å². The first-order chi connectivity index (χ1) is 16.9. The number of carbonyl (C=O) groups excluding carboxylic acids is 3. The van der Waals surface area contributed by atoms with Crippen LogP contribution in [0.5, 0.6) is 0 Å². The largest absolute Gasteiger partial charge is 0.342 e. The molecule has 7 nitrogen and oxygen atoms in total. The summed E-state index contributed by atoms with van der Waals surface area (Å²) in [5, 5.41) is 0. The predicted molar refractivity (Wildman–Crippen MR) is 132 cm³/mol. The molecule has 3 aliphatic rings. The van der Waals surface area contributed by atoms with Crippen molar-refractivity contribution in [3.05, 3.63) is 65.5 Å².